The van der Waals surface area contributed by atoms with Crippen molar-refractivity contribution in [2.75, 3.05) is 6.61 Å². The van der Waals surface area contributed by atoms with E-state index in [4.69, 9.17) is 16.3 Å². The molecule has 20 heavy (non-hydrogen) atoms. The van der Waals surface area contributed by atoms with Gasteiger partial charge in [-0.3, -0.25) is 0 Å². The molecule has 108 valence electrons. The molecule has 0 saturated heterocycles. The van der Waals surface area contributed by atoms with E-state index in [2.05, 4.69) is 44.2 Å². The number of allylic oxidation sites excluding steroid dienone is 1. The number of halogens is 1. The number of benzene rings is 1. The van der Waals surface area contributed by atoms with E-state index in [-0.39, 0.29) is 11.5 Å². The van der Waals surface area contributed by atoms with Crippen LogP contribution in [-0.4, -0.2) is 12.0 Å². The Balaban J connectivity index is 1.79. The molecule has 1 aliphatic heterocycles. The summed E-state index contributed by atoms with van der Waals surface area (Å²) in [6.45, 7) is 5.46. The third-order valence-electron chi connectivity index (χ3n) is 4.41. The average molecular weight is 291 g/mol. The maximum absolute atomic E-state index is 6.40. The number of fused-ring (bicyclic) bond motifs is 1. The minimum atomic E-state index is 0.174. The minimum absolute atomic E-state index is 0.174. The Morgan fingerprint density at radius 1 is 1.30 bits per heavy atom. The van der Waals surface area contributed by atoms with Gasteiger partial charge in [0, 0.05) is 0 Å². The summed E-state index contributed by atoms with van der Waals surface area (Å²) in [6.07, 6.45) is 6.70. The smallest absolute Gasteiger partial charge is 0.0864 e. The van der Waals surface area contributed by atoms with Crippen molar-refractivity contribution >= 4 is 11.6 Å². The van der Waals surface area contributed by atoms with E-state index >= 15 is 0 Å². The van der Waals surface area contributed by atoms with Crippen LogP contribution in [0.4, 0.5) is 0 Å². The van der Waals surface area contributed by atoms with Crippen molar-refractivity contribution < 1.29 is 4.74 Å². The summed E-state index contributed by atoms with van der Waals surface area (Å²) < 4.78 is 6.03. The Kier molecular flexibility index (Phi) is 3.92. The third-order valence-corrected chi connectivity index (χ3v) is 4.69. The molecule has 3 rings (SSSR count). The van der Waals surface area contributed by atoms with Crippen molar-refractivity contribution in [3.63, 3.8) is 0 Å². The highest BCUT2D eigenvalue weighted by Crippen LogP contribution is 2.41. The van der Waals surface area contributed by atoms with Crippen molar-refractivity contribution in [1.82, 2.24) is 0 Å². The maximum atomic E-state index is 6.40. The molecule has 2 heteroatoms. The monoisotopic (exact) mass is 290 g/mol. The van der Waals surface area contributed by atoms with Gasteiger partial charge in [-0.15, -0.1) is 11.6 Å². The van der Waals surface area contributed by atoms with Crippen molar-refractivity contribution in [3.8, 4) is 0 Å². The van der Waals surface area contributed by atoms with Crippen molar-refractivity contribution in [3.05, 3.63) is 47.0 Å². The predicted octanol–water partition coefficient (Wildman–Crippen LogP) is 5.04. The molecule has 0 fully saturated rings. The first-order chi connectivity index (χ1) is 9.53. The molecule has 1 aromatic rings. The molecule has 0 saturated carbocycles. The second-order valence-electron chi connectivity index (χ2n) is 6.90. The van der Waals surface area contributed by atoms with Crippen LogP contribution >= 0.6 is 11.6 Å². The van der Waals surface area contributed by atoms with E-state index in [0.29, 0.717) is 5.41 Å². The Morgan fingerprint density at radius 3 is 2.90 bits per heavy atom. The lowest BCUT2D eigenvalue weighted by Gasteiger charge is -2.34. The molecule has 1 nitrogen and oxygen atoms in total. The first-order valence-corrected chi connectivity index (χ1v) is 8.00. The second kappa shape index (κ2) is 5.54. The van der Waals surface area contributed by atoms with Crippen LogP contribution in [0.15, 0.2) is 35.9 Å². The molecule has 0 bridgehead atoms. The van der Waals surface area contributed by atoms with Crippen molar-refractivity contribution in [2.45, 2.75) is 51.0 Å². The highest BCUT2D eigenvalue weighted by atomic mass is 35.5. The van der Waals surface area contributed by atoms with Gasteiger partial charge in [0.05, 0.1) is 18.1 Å². The summed E-state index contributed by atoms with van der Waals surface area (Å²) in [7, 11) is 0. The first kappa shape index (κ1) is 14.2. The first-order valence-electron chi connectivity index (χ1n) is 7.56. The van der Waals surface area contributed by atoms with Gasteiger partial charge in [0.1, 0.15) is 0 Å². The molecule has 2 unspecified atom stereocenters. The Bertz CT molecular complexity index is 518. The molecule has 0 amide bonds. The van der Waals surface area contributed by atoms with Gasteiger partial charge in [0.15, 0.2) is 0 Å². The standard InChI is InChI=1S/C18H23ClO/c1-18(2)11-13(9-15(19)12-18)10-17-16-6-4-3-5-14(16)7-8-20-17/h3-6,9,15,17H,7-8,10-12H2,1-2H3. The molecule has 2 atom stereocenters. The van der Waals surface area contributed by atoms with Crippen LogP contribution in [0.1, 0.15) is 50.3 Å². The Labute approximate surface area is 127 Å². The molecule has 0 radical (unpaired) electrons. The Hall–Kier alpha value is -0.790. The molecule has 2 aliphatic rings. The number of ether oxygens (including phenoxy) is 1. The fraction of sp³-hybridized carbons (Fsp3) is 0.556. The van der Waals surface area contributed by atoms with Crippen LogP contribution in [-0.2, 0) is 11.2 Å². The van der Waals surface area contributed by atoms with Crippen molar-refractivity contribution in [2.24, 2.45) is 5.41 Å². The summed E-state index contributed by atoms with van der Waals surface area (Å²) in [5.41, 5.74) is 4.59. The Morgan fingerprint density at radius 2 is 2.10 bits per heavy atom. The van der Waals surface area contributed by atoms with Crippen LogP contribution in [0.3, 0.4) is 0 Å². The molecule has 1 heterocycles. The van der Waals surface area contributed by atoms with E-state index in [0.717, 1.165) is 32.3 Å². The number of hydrogen-bond acceptors (Lipinski definition) is 1. The number of hydrogen-bond donors (Lipinski definition) is 0. The lowest BCUT2D eigenvalue weighted by atomic mass is 9.75. The van der Waals surface area contributed by atoms with Gasteiger partial charge in [-0.2, -0.15) is 0 Å². The average Bonchev–Trinajstić information content (AvgIpc) is 2.37. The van der Waals surface area contributed by atoms with Crippen LogP contribution < -0.4 is 0 Å². The summed E-state index contributed by atoms with van der Waals surface area (Å²) in [4.78, 5) is 0. The fourth-order valence-electron chi connectivity index (χ4n) is 3.61. The van der Waals surface area contributed by atoms with Crippen LogP contribution in [0.5, 0.6) is 0 Å². The van der Waals surface area contributed by atoms with E-state index in [1.54, 1.807) is 0 Å². The third kappa shape index (κ3) is 3.10. The zero-order valence-corrected chi connectivity index (χ0v) is 13.1. The zero-order valence-electron chi connectivity index (χ0n) is 12.4. The lowest BCUT2D eigenvalue weighted by Crippen LogP contribution is -2.24. The summed E-state index contributed by atoms with van der Waals surface area (Å²) >= 11 is 6.40. The van der Waals surface area contributed by atoms with Gasteiger partial charge in [-0.1, -0.05) is 49.8 Å². The molecular formula is C18H23ClO. The molecule has 1 aromatic carbocycles. The summed E-state index contributed by atoms with van der Waals surface area (Å²) in [5.74, 6) is 0. The van der Waals surface area contributed by atoms with E-state index < -0.39 is 0 Å². The zero-order chi connectivity index (χ0) is 14.2. The summed E-state index contributed by atoms with van der Waals surface area (Å²) in [5, 5.41) is 0.174. The van der Waals surface area contributed by atoms with Gasteiger partial charge in [0.25, 0.3) is 0 Å². The van der Waals surface area contributed by atoms with Crippen molar-refractivity contribution in [1.29, 1.82) is 0 Å². The van der Waals surface area contributed by atoms with Gasteiger partial charge in [0.2, 0.25) is 0 Å². The number of rotatable bonds is 2. The highest BCUT2D eigenvalue weighted by Gasteiger charge is 2.30. The lowest BCUT2D eigenvalue weighted by molar-refractivity contribution is 0.0410. The molecular weight excluding hydrogens is 268 g/mol. The normalized spacial score (nSPS) is 28.6. The van der Waals surface area contributed by atoms with Gasteiger partial charge >= 0.3 is 0 Å². The van der Waals surface area contributed by atoms with Crippen LogP contribution in [0, 0.1) is 5.41 Å². The highest BCUT2D eigenvalue weighted by molar-refractivity contribution is 6.21. The van der Waals surface area contributed by atoms with Crippen LogP contribution in [0.2, 0.25) is 0 Å². The topological polar surface area (TPSA) is 9.23 Å². The SMILES string of the molecule is CC1(C)CC(CC2OCCc3ccccc32)=CC(Cl)C1. The quantitative estimate of drug-likeness (QED) is 0.547. The molecule has 1 aliphatic carbocycles. The largest absolute Gasteiger partial charge is 0.373 e. The second-order valence-corrected chi connectivity index (χ2v) is 7.46. The van der Waals surface area contributed by atoms with Gasteiger partial charge in [-0.05, 0) is 42.2 Å². The molecule has 0 aromatic heterocycles. The van der Waals surface area contributed by atoms with E-state index in [1.165, 1.54) is 16.7 Å². The molecule has 0 spiro atoms. The predicted molar refractivity (Wildman–Crippen MR) is 84.2 cm³/mol. The molecule has 0 N–H and O–H groups in total. The maximum Gasteiger partial charge on any atom is 0.0864 e. The van der Waals surface area contributed by atoms with Gasteiger partial charge < -0.3 is 4.74 Å². The number of alkyl halides is 1. The summed E-state index contributed by atoms with van der Waals surface area (Å²) in [6, 6.07) is 8.68. The minimum Gasteiger partial charge on any atom is -0.373 e. The van der Waals surface area contributed by atoms with E-state index in [1.807, 2.05) is 0 Å². The fourth-order valence-corrected chi connectivity index (χ4v) is 4.21. The van der Waals surface area contributed by atoms with Crippen LogP contribution in [0.25, 0.3) is 0 Å². The van der Waals surface area contributed by atoms with Gasteiger partial charge in [-0.25, -0.2) is 0 Å². The van der Waals surface area contributed by atoms with E-state index in [9.17, 15) is 0 Å².